The van der Waals surface area contributed by atoms with Gasteiger partial charge in [0.2, 0.25) is 0 Å². The molecule has 0 saturated carbocycles. The van der Waals surface area contributed by atoms with Crippen molar-refractivity contribution in [3.05, 3.63) is 170 Å². The highest BCUT2D eigenvalue weighted by Crippen LogP contribution is 2.38. The SMILES string of the molecule is CC.c1ccc(-c2ccc3c4ccc(-c5ccccc5)cc4n(-c4ccc(-c5nnc6c7ccccc7c7ccccc7n56)cc4)c3c2)cc1. The first-order valence-electron chi connectivity index (χ1n) is 17.3. The maximum Gasteiger partial charge on any atom is 0.169 e. The quantitative estimate of drug-likeness (QED) is 0.179. The van der Waals surface area contributed by atoms with Crippen LogP contribution in [0, 0.1) is 0 Å². The predicted octanol–water partition coefficient (Wildman–Crippen LogP) is 12.2. The molecule has 0 bridgehead atoms. The van der Waals surface area contributed by atoms with Crippen molar-refractivity contribution >= 4 is 49.1 Å². The monoisotopic (exact) mass is 642 g/mol. The lowest BCUT2D eigenvalue weighted by Gasteiger charge is -2.12. The van der Waals surface area contributed by atoms with Gasteiger partial charge >= 0.3 is 0 Å². The zero-order chi connectivity index (χ0) is 33.6. The molecule has 10 aromatic rings. The minimum Gasteiger partial charge on any atom is -0.309 e. The van der Waals surface area contributed by atoms with Crippen LogP contribution in [0.1, 0.15) is 13.8 Å². The molecule has 0 amide bonds. The molecule has 0 saturated heterocycles. The molecule has 50 heavy (non-hydrogen) atoms. The van der Waals surface area contributed by atoms with Gasteiger partial charge in [-0.3, -0.25) is 4.40 Å². The molecule has 7 aromatic carbocycles. The smallest absolute Gasteiger partial charge is 0.169 e. The first-order valence-corrected chi connectivity index (χ1v) is 17.3. The van der Waals surface area contributed by atoms with Crippen LogP contribution in [0.15, 0.2) is 170 Å². The molecular weight excluding hydrogens is 609 g/mol. The molecule has 0 spiro atoms. The average Bonchev–Trinajstić information content (AvgIpc) is 3.79. The Balaban J connectivity index is 0.00000165. The molecule has 0 aliphatic carbocycles. The first-order chi connectivity index (χ1) is 24.8. The topological polar surface area (TPSA) is 35.1 Å². The minimum atomic E-state index is 0.832. The van der Waals surface area contributed by atoms with Crippen molar-refractivity contribution in [1.29, 1.82) is 0 Å². The van der Waals surface area contributed by atoms with Crippen molar-refractivity contribution in [2.75, 3.05) is 0 Å². The van der Waals surface area contributed by atoms with Gasteiger partial charge in [-0.2, -0.15) is 0 Å². The van der Waals surface area contributed by atoms with E-state index in [4.69, 9.17) is 10.2 Å². The number of pyridine rings is 1. The van der Waals surface area contributed by atoms with E-state index >= 15 is 0 Å². The Bertz CT molecular complexity index is 2710. The molecule has 0 radical (unpaired) electrons. The second-order valence-corrected chi connectivity index (χ2v) is 12.3. The molecule has 10 rings (SSSR count). The van der Waals surface area contributed by atoms with E-state index in [0.717, 1.165) is 33.6 Å². The summed E-state index contributed by atoms with van der Waals surface area (Å²) < 4.78 is 4.60. The summed E-state index contributed by atoms with van der Waals surface area (Å²) in [5, 5.41) is 15.4. The maximum atomic E-state index is 4.75. The lowest BCUT2D eigenvalue weighted by molar-refractivity contribution is 1.11. The molecule has 0 aliphatic heterocycles. The Morgan fingerprint density at radius 2 is 0.840 bits per heavy atom. The molecule has 4 nitrogen and oxygen atoms in total. The molecule has 238 valence electrons. The fraction of sp³-hybridized carbons (Fsp3) is 0.0435. The largest absolute Gasteiger partial charge is 0.309 e. The Hall–Kier alpha value is -6.52. The third-order valence-electron chi connectivity index (χ3n) is 9.63. The Morgan fingerprint density at radius 3 is 1.44 bits per heavy atom. The zero-order valence-corrected chi connectivity index (χ0v) is 28.0. The van der Waals surface area contributed by atoms with Crippen LogP contribution in [0.25, 0.3) is 88.5 Å². The lowest BCUT2D eigenvalue weighted by Crippen LogP contribution is -1.96. The number of hydrogen-bond donors (Lipinski definition) is 0. The van der Waals surface area contributed by atoms with Gasteiger partial charge in [-0.05, 0) is 70.1 Å². The first kappa shape index (κ1) is 29.6. The van der Waals surface area contributed by atoms with Crippen LogP contribution in [-0.2, 0) is 0 Å². The van der Waals surface area contributed by atoms with Gasteiger partial charge in [-0.15, -0.1) is 10.2 Å². The van der Waals surface area contributed by atoms with Gasteiger partial charge in [0.05, 0.1) is 16.6 Å². The van der Waals surface area contributed by atoms with Crippen LogP contribution in [-0.4, -0.2) is 19.2 Å². The number of aromatic nitrogens is 4. The van der Waals surface area contributed by atoms with Crippen molar-refractivity contribution in [2.45, 2.75) is 13.8 Å². The number of rotatable bonds is 4. The van der Waals surface area contributed by atoms with E-state index in [0.29, 0.717) is 0 Å². The van der Waals surface area contributed by atoms with Gasteiger partial charge in [0.1, 0.15) is 0 Å². The minimum absolute atomic E-state index is 0.832. The second kappa shape index (κ2) is 12.2. The lowest BCUT2D eigenvalue weighted by atomic mass is 10.0. The third kappa shape index (κ3) is 4.68. The number of para-hydroxylation sites is 1. The van der Waals surface area contributed by atoms with E-state index in [1.165, 1.54) is 54.8 Å². The standard InChI is InChI=1S/C44H28N4.C2H6/c1-3-11-29(12-4-1)32-21-25-37-38-26-22-33(30-13-5-2-6-14-30)28-42(38)47(41(37)27-32)34-23-19-31(20-24-34)43-45-46-44-39-17-8-7-15-35(39)36-16-9-10-18-40(36)48(43)44;1-2/h1-28H;1-2H3. The highest BCUT2D eigenvalue weighted by Gasteiger charge is 2.18. The Morgan fingerprint density at radius 1 is 0.360 bits per heavy atom. The predicted molar refractivity (Wildman–Crippen MR) is 210 cm³/mol. The van der Waals surface area contributed by atoms with E-state index < -0.39 is 0 Å². The summed E-state index contributed by atoms with van der Waals surface area (Å²) >= 11 is 0. The fourth-order valence-corrected chi connectivity index (χ4v) is 7.36. The van der Waals surface area contributed by atoms with Crippen LogP contribution in [0.3, 0.4) is 0 Å². The van der Waals surface area contributed by atoms with Gasteiger partial charge in [0, 0.05) is 32.8 Å². The number of fused-ring (bicyclic) bond motifs is 9. The summed E-state index contributed by atoms with van der Waals surface area (Å²) in [6, 6.07) is 60.6. The van der Waals surface area contributed by atoms with Gasteiger partial charge in [0.25, 0.3) is 0 Å². The third-order valence-corrected chi connectivity index (χ3v) is 9.63. The van der Waals surface area contributed by atoms with Crippen LogP contribution in [0.4, 0.5) is 0 Å². The van der Waals surface area contributed by atoms with Gasteiger partial charge in [-0.25, -0.2) is 0 Å². The van der Waals surface area contributed by atoms with E-state index in [-0.39, 0.29) is 0 Å². The van der Waals surface area contributed by atoms with E-state index in [2.05, 4.69) is 179 Å². The summed E-state index contributed by atoms with van der Waals surface area (Å²) in [5.74, 6) is 0.832. The van der Waals surface area contributed by atoms with Crippen molar-refractivity contribution in [3.8, 4) is 39.3 Å². The normalized spacial score (nSPS) is 11.4. The molecule has 0 N–H and O–H groups in total. The molecule has 3 heterocycles. The highest BCUT2D eigenvalue weighted by atomic mass is 15.2. The van der Waals surface area contributed by atoms with Crippen LogP contribution in [0.5, 0.6) is 0 Å². The Kier molecular flexibility index (Phi) is 7.21. The molecule has 0 aliphatic rings. The molecule has 0 atom stereocenters. The molecule has 0 unspecified atom stereocenters. The molecule has 0 fully saturated rings. The fourth-order valence-electron chi connectivity index (χ4n) is 7.36. The van der Waals surface area contributed by atoms with Gasteiger partial charge in [-0.1, -0.05) is 141 Å². The number of benzene rings is 7. The van der Waals surface area contributed by atoms with Gasteiger partial charge < -0.3 is 4.57 Å². The van der Waals surface area contributed by atoms with Crippen molar-refractivity contribution in [2.24, 2.45) is 0 Å². The summed E-state index contributed by atoms with van der Waals surface area (Å²) in [7, 11) is 0. The van der Waals surface area contributed by atoms with Crippen LogP contribution < -0.4 is 0 Å². The number of hydrogen-bond acceptors (Lipinski definition) is 2. The second-order valence-electron chi connectivity index (χ2n) is 12.3. The van der Waals surface area contributed by atoms with Crippen LogP contribution >= 0.6 is 0 Å². The average molecular weight is 643 g/mol. The van der Waals surface area contributed by atoms with Crippen LogP contribution in [0.2, 0.25) is 0 Å². The number of nitrogens with zero attached hydrogens (tertiary/aromatic N) is 4. The van der Waals surface area contributed by atoms with E-state index in [9.17, 15) is 0 Å². The van der Waals surface area contributed by atoms with E-state index in [1.807, 2.05) is 13.8 Å². The van der Waals surface area contributed by atoms with E-state index in [1.54, 1.807) is 0 Å². The summed E-state index contributed by atoms with van der Waals surface area (Å²) in [6.45, 7) is 4.00. The van der Waals surface area contributed by atoms with Gasteiger partial charge in [0.15, 0.2) is 11.5 Å². The summed E-state index contributed by atoms with van der Waals surface area (Å²) in [6.07, 6.45) is 0. The van der Waals surface area contributed by atoms with Crippen molar-refractivity contribution in [3.63, 3.8) is 0 Å². The highest BCUT2D eigenvalue weighted by molar-refractivity contribution is 6.13. The maximum absolute atomic E-state index is 4.75. The molecular formula is C46H34N4. The summed E-state index contributed by atoms with van der Waals surface area (Å²) in [4.78, 5) is 0. The zero-order valence-electron chi connectivity index (χ0n) is 28.0. The van der Waals surface area contributed by atoms with Crippen molar-refractivity contribution in [1.82, 2.24) is 19.2 Å². The van der Waals surface area contributed by atoms with Crippen molar-refractivity contribution < 1.29 is 0 Å². The summed E-state index contributed by atoms with van der Waals surface area (Å²) in [5.41, 5.74) is 11.2. The molecule has 4 heteroatoms. The Labute approximate surface area is 290 Å². The molecule has 3 aromatic heterocycles.